The number of aliphatic hydroxyl groups is 4. The van der Waals surface area contributed by atoms with Gasteiger partial charge in [0.1, 0.15) is 54.4 Å². The number of aliphatic imine (C=N–C) groups is 1. The van der Waals surface area contributed by atoms with E-state index in [1.165, 1.54) is 19.4 Å². The first-order valence-corrected chi connectivity index (χ1v) is 24.9. The first-order chi connectivity index (χ1) is 37.1. The second-order valence-electron chi connectivity index (χ2n) is 18.7. The molecule has 0 radical (unpaired) electrons. The number of aliphatic carboxylic acids is 1. The summed E-state index contributed by atoms with van der Waals surface area (Å²) in [6, 6.07) is -13.2. The second kappa shape index (κ2) is 33.3. The molecule has 34 nitrogen and oxygen atoms in total. The molecular weight excluding hydrogens is 1050 g/mol. The van der Waals surface area contributed by atoms with Gasteiger partial charge >= 0.3 is 5.97 Å². The summed E-state index contributed by atoms with van der Waals surface area (Å²) in [5.74, 6) is -12.7. The molecule has 442 valence electrons. The lowest BCUT2D eigenvalue weighted by Crippen LogP contribution is -2.62. The zero-order chi connectivity index (χ0) is 59.7. The van der Waals surface area contributed by atoms with E-state index in [0.29, 0.717) is 12.1 Å². The maximum absolute atomic E-state index is 13.6. The Labute approximate surface area is 452 Å². The molecule has 0 aliphatic carbocycles. The van der Waals surface area contributed by atoms with Gasteiger partial charge in [-0.3, -0.25) is 57.7 Å². The minimum atomic E-state index is -1.89. The number of aliphatic hydroxyl groups excluding tert-OH is 4. The Hall–Kier alpha value is -8.08. The summed E-state index contributed by atoms with van der Waals surface area (Å²) >= 11 is 0. The van der Waals surface area contributed by atoms with Gasteiger partial charge in [0.05, 0.1) is 51.4 Å². The third-order valence-corrected chi connectivity index (χ3v) is 11.8. The predicted octanol–water partition coefficient (Wildman–Crippen LogP) is -10.4. The molecule has 0 saturated carbocycles. The number of amides is 11. The number of nitrogens with two attached hydrogens (primary N) is 3. The van der Waals surface area contributed by atoms with Crippen LogP contribution < -0.4 is 70.4 Å². The predicted molar refractivity (Wildman–Crippen MR) is 273 cm³/mol. The average Bonchev–Trinajstić information content (AvgIpc) is 4.11. The summed E-state index contributed by atoms with van der Waals surface area (Å²) in [6.07, 6.45) is -0.0855. The fraction of sp³-hybridized carbons (Fsp3) is 0.644. The summed E-state index contributed by atoms with van der Waals surface area (Å²) < 4.78 is 0. The second-order valence-corrected chi connectivity index (χ2v) is 18.7. The summed E-state index contributed by atoms with van der Waals surface area (Å²) in [7, 11) is 0. The molecule has 0 bridgehead atoms. The van der Waals surface area contributed by atoms with Gasteiger partial charge in [-0.15, -0.1) is 0 Å². The molecule has 2 heterocycles. The third kappa shape index (κ3) is 22.8. The molecule has 1 aromatic heterocycles. The number of carbonyl (C=O) groups is 12. The van der Waals surface area contributed by atoms with Crippen LogP contribution >= 0.6 is 0 Å². The van der Waals surface area contributed by atoms with Crippen molar-refractivity contribution < 1.29 is 83.1 Å². The highest BCUT2D eigenvalue weighted by Crippen LogP contribution is 2.17. The number of likely N-dealkylation sites (tertiary alicyclic amines) is 1. The van der Waals surface area contributed by atoms with Crippen molar-refractivity contribution in [3.05, 3.63) is 18.2 Å². The number of hydrogen-bond donors (Lipinski definition) is 19. The molecule has 11 atom stereocenters. The molecular formula is C45H75N17O17. The molecule has 0 unspecified atom stereocenters. The number of hydrogen-bond acceptors (Lipinski definition) is 19. The molecule has 1 saturated heterocycles. The number of H-pyrrole nitrogens is 1. The standard InChI is InChI=1S/C45H75N17O17/c1-20(2)33(42(76)56-26(8-6-10-50-45(47)48)38(72)53-16-32(69)62-11-7-9-29(62)44(78)79)59-30(67)15-52-41(75)34(22(4)65)61-40(74)28(18-64)58-43(77)35(23(5)66)60-31(68)14-51-39(73)27(12-24-13-49-19-54-24)57-36(70)21(3)55-37(71)25(46)17-63/h13,19-23,25-29,33-35,63-66H,6-12,14-18,46H2,1-5H3,(H,49,54)(H,51,73)(H,52,75)(H,53,72)(H,55,71)(H,56,76)(H,57,70)(H,58,77)(H,59,67)(H,60,68)(H,61,74)(H,78,79)(H4,47,48,50)/t21-,22+,23+,25-,26-,27-,28-,29-,33-,34-,35-/m0/s1. The summed E-state index contributed by atoms with van der Waals surface area (Å²) in [5.41, 5.74) is 16.6. The van der Waals surface area contributed by atoms with Gasteiger partial charge in [0.15, 0.2) is 5.96 Å². The summed E-state index contributed by atoms with van der Waals surface area (Å²) in [4.78, 5) is 167. The van der Waals surface area contributed by atoms with Gasteiger partial charge in [0, 0.05) is 31.4 Å². The largest absolute Gasteiger partial charge is 0.480 e. The highest BCUT2D eigenvalue weighted by Gasteiger charge is 2.37. The lowest BCUT2D eigenvalue weighted by molar-refractivity contribution is -0.148. The van der Waals surface area contributed by atoms with Crippen LogP contribution in [-0.2, 0) is 64.0 Å². The number of rotatable bonds is 33. The number of nitrogens with one attached hydrogen (secondary N) is 11. The molecule has 0 spiro atoms. The number of carbonyl (C=O) groups excluding carboxylic acids is 11. The fourth-order valence-electron chi connectivity index (χ4n) is 7.41. The van der Waals surface area contributed by atoms with Crippen LogP contribution in [0.5, 0.6) is 0 Å². The molecule has 1 aromatic rings. The number of aromatic nitrogens is 2. The van der Waals surface area contributed by atoms with Crippen LogP contribution in [0.1, 0.15) is 66.0 Å². The van der Waals surface area contributed by atoms with Gasteiger partial charge in [-0.25, -0.2) is 9.78 Å². The van der Waals surface area contributed by atoms with Gasteiger partial charge < -0.3 is 106 Å². The molecule has 22 N–H and O–H groups in total. The number of nitrogens with zero attached hydrogens (tertiary/aromatic N) is 3. The van der Waals surface area contributed by atoms with E-state index in [1.54, 1.807) is 13.8 Å². The van der Waals surface area contributed by atoms with Crippen molar-refractivity contribution in [1.29, 1.82) is 0 Å². The molecule has 1 aliphatic rings. The van der Waals surface area contributed by atoms with Gasteiger partial charge in [0.25, 0.3) is 0 Å². The quantitative estimate of drug-likeness (QED) is 0.0177. The molecule has 2 rings (SSSR count). The minimum absolute atomic E-state index is 0.0508. The maximum Gasteiger partial charge on any atom is 0.326 e. The van der Waals surface area contributed by atoms with E-state index in [0.717, 1.165) is 18.7 Å². The summed E-state index contributed by atoms with van der Waals surface area (Å²) in [6.45, 7) is 2.67. The third-order valence-electron chi connectivity index (χ3n) is 11.8. The Morgan fingerprint density at radius 3 is 1.76 bits per heavy atom. The van der Waals surface area contributed by atoms with Crippen molar-refractivity contribution in [2.75, 3.05) is 45.9 Å². The Morgan fingerprint density at radius 2 is 1.22 bits per heavy atom. The Kier molecular flexibility index (Phi) is 28.2. The smallest absolute Gasteiger partial charge is 0.326 e. The molecule has 11 amide bonds. The van der Waals surface area contributed by atoms with Gasteiger partial charge in [-0.2, -0.15) is 0 Å². The fourth-order valence-corrected chi connectivity index (χ4v) is 7.41. The number of carboxylic acid groups (broad SMARTS) is 1. The number of aromatic amines is 1. The van der Waals surface area contributed by atoms with E-state index >= 15 is 0 Å². The number of carboxylic acids is 1. The van der Waals surface area contributed by atoms with Crippen LogP contribution in [0.15, 0.2) is 17.5 Å². The van der Waals surface area contributed by atoms with Crippen molar-refractivity contribution in [3.8, 4) is 0 Å². The van der Waals surface area contributed by atoms with E-state index in [4.69, 9.17) is 22.3 Å². The van der Waals surface area contributed by atoms with E-state index in [9.17, 15) is 78.0 Å². The normalized spacial score (nSPS) is 16.7. The van der Waals surface area contributed by atoms with Gasteiger partial charge in [-0.05, 0) is 52.4 Å². The van der Waals surface area contributed by atoms with E-state index in [2.05, 4.69) is 68.1 Å². The lowest BCUT2D eigenvalue weighted by Gasteiger charge is -2.27. The van der Waals surface area contributed by atoms with Gasteiger partial charge in [0.2, 0.25) is 65.0 Å². The van der Waals surface area contributed by atoms with E-state index < -0.39 is 176 Å². The first-order valence-electron chi connectivity index (χ1n) is 24.9. The summed E-state index contributed by atoms with van der Waals surface area (Å²) in [5, 5.41) is 72.4. The molecule has 1 fully saturated rings. The van der Waals surface area contributed by atoms with E-state index in [-0.39, 0.29) is 44.7 Å². The van der Waals surface area contributed by atoms with Crippen molar-refractivity contribution in [1.82, 2.24) is 68.0 Å². The van der Waals surface area contributed by atoms with Crippen molar-refractivity contribution >= 4 is 76.9 Å². The SMILES string of the molecule is CC(C)[C@H](NC(=O)CNC(=O)[C@@H](NC(=O)[C@H](CO)NC(=O)[C@@H](NC(=O)CNC(=O)[C@H](Cc1cnc[nH]1)NC(=O)[C@H](C)NC(=O)[C@@H](N)CO)[C@@H](C)O)[C@@H](C)O)C(=O)N[C@@H](CCCN=C(N)N)C(=O)NCC(=O)N1CCC[C@H]1C(=O)O. The van der Waals surface area contributed by atoms with Crippen LogP contribution in [0.4, 0.5) is 0 Å². The molecule has 34 heteroatoms. The molecule has 79 heavy (non-hydrogen) atoms. The van der Waals surface area contributed by atoms with E-state index in [1.807, 2.05) is 0 Å². The van der Waals surface area contributed by atoms with Crippen molar-refractivity contribution in [2.45, 2.75) is 133 Å². The minimum Gasteiger partial charge on any atom is -0.480 e. The zero-order valence-corrected chi connectivity index (χ0v) is 44.3. The number of imidazole rings is 1. The van der Waals surface area contributed by atoms with Crippen molar-refractivity contribution in [2.24, 2.45) is 28.1 Å². The topological polar surface area (TPSA) is 549 Å². The Balaban J connectivity index is 2.06. The Bertz CT molecular complexity index is 2310. The maximum atomic E-state index is 13.6. The van der Waals surface area contributed by atoms with Gasteiger partial charge in [-0.1, -0.05) is 13.8 Å². The monoisotopic (exact) mass is 1130 g/mol. The van der Waals surface area contributed by atoms with Crippen LogP contribution in [0, 0.1) is 5.92 Å². The Morgan fingerprint density at radius 1 is 0.671 bits per heavy atom. The van der Waals surface area contributed by atoms with Crippen LogP contribution in [0.3, 0.4) is 0 Å². The molecule has 1 aliphatic heterocycles. The highest BCUT2D eigenvalue weighted by molar-refractivity contribution is 5.98. The lowest BCUT2D eigenvalue weighted by atomic mass is 10.0. The van der Waals surface area contributed by atoms with Crippen molar-refractivity contribution in [3.63, 3.8) is 0 Å². The highest BCUT2D eigenvalue weighted by atomic mass is 16.4. The van der Waals surface area contributed by atoms with Crippen LogP contribution in [-0.4, -0.2) is 230 Å². The van der Waals surface area contributed by atoms with Crippen LogP contribution in [0.25, 0.3) is 0 Å². The average molecular weight is 1130 g/mol. The molecule has 0 aromatic carbocycles. The zero-order valence-electron chi connectivity index (χ0n) is 44.3. The number of guanidine groups is 1. The van der Waals surface area contributed by atoms with Crippen LogP contribution in [0.2, 0.25) is 0 Å². The first kappa shape index (κ1) is 67.0.